The van der Waals surface area contributed by atoms with Crippen LogP contribution in [0.25, 0.3) is 6.08 Å². The monoisotopic (exact) mass is 558 g/mol. The number of para-hydroxylation sites is 2. The van der Waals surface area contributed by atoms with Gasteiger partial charge in [-0.25, -0.2) is 9.38 Å². The molecule has 0 saturated carbocycles. The molecular weight excluding hydrogens is 539 g/mol. The second-order valence-electron chi connectivity index (χ2n) is 7.92. The number of hydrogen-bond acceptors (Lipinski definition) is 4. The van der Waals surface area contributed by atoms with E-state index in [-0.39, 0.29) is 18.3 Å². The summed E-state index contributed by atoms with van der Waals surface area (Å²) in [5.74, 6) is 0.105. The molecule has 0 atom stereocenters. The van der Waals surface area contributed by atoms with Gasteiger partial charge < -0.3 is 4.74 Å². The number of carbonyl (C=O) groups is 1. The van der Waals surface area contributed by atoms with Crippen LogP contribution in [0.3, 0.4) is 0 Å². The SMILES string of the molecule is O=C1/C(=C\c2cc(Br)ccc2OCc2cccc(F)c2)SC(=Nc2ccccc2)N1c1ccccc1. The zero-order chi connectivity index (χ0) is 24.9. The Morgan fingerprint density at radius 3 is 2.42 bits per heavy atom. The van der Waals surface area contributed by atoms with Crippen molar-refractivity contribution in [3.8, 4) is 5.75 Å². The number of aliphatic imine (C=N–C) groups is 1. The molecule has 1 fully saturated rings. The minimum absolute atomic E-state index is 0.170. The molecule has 0 N–H and O–H groups in total. The van der Waals surface area contributed by atoms with Crippen LogP contribution in [0.5, 0.6) is 5.75 Å². The van der Waals surface area contributed by atoms with E-state index in [2.05, 4.69) is 15.9 Å². The molecule has 1 aliphatic rings. The Labute approximate surface area is 221 Å². The number of rotatable bonds is 6. The van der Waals surface area contributed by atoms with Gasteiger partial charge in [0.25, 0.3) is 5.91 Å². The number of thioether (sulfide) groups is 1. The summed E-state index contributed by atoms with van der Waals surface area (Å²) in [6, 6.07) is 30.9. The maximum Gasteiger partial charge on any atom is 0.271 e. The minimum Gasteiger partial charge on any atom is -0.488 e. The van der Waals surface area contributed by atoms with Gasteiger partial charge in [0.1, 0.15) is 18.2 Å². The zero-order valence-corrected chi connectivity index (χ0v) is 21.4. The third kappa shape index (κ3) is 5.58. The molecule has 5 rings (SSSR count). The maximum atomic E-state index is 13.6. The minimum atomic E-state index is -0.312. The second-order valence-corrected chi connectivity index (χ2v) is 9.84. The Morgan fingerprint density at radius 1 is 0.917 bits per heavy atom. The molecule has 1 aliphatic heterocycles. The summed E-state index contributed by atoms with van der Waals surface area (Å²) in [5.41, 5.74) is 2.95. The normalized spacial score (nSPS) is 15.6. The molecule has 7 heteroatoms. The van der Waals surface area contributed by atoms with Crippen molar-refractivity contribution in [1.29, 1.82) is 0 Å². The van der Waals surface area contributed by atoms with Gasteiger partial charge in [0.05, 0.1) is 16.3 Å². The highest BCUT2D eigenvalue weighted by atomic mass is 79.9. The van der Waals surface area contributed by atoms with Crippen molar-refractivity contribution in [3.63, 3.8) is 0 Å². The van der Waals surface area contributed by atoms with Gasteiger partial charge in [0.15, 0.2) is 5.17 Å². The number of amidine groups is 1. The van der Waals surface area contributed by atoms with Crippen LogP contribution >= 0.6 is 27.7 Å². The van der Waals surface area contributed by atoms with Gasteiger partial charge in [0, 0.05) is 10.0 Å². The third-order valence-corrected chi connectivity index (χ3v) is 6.81. The van der Waals surface area contributed by atoms with Crippen LogP contribution < -0.4 is 9.64 Å². The Morgan fingerprint density at radius 2 is 1.67 bits per heavy atom. The van der Waals surface area contributed by atoms with E-state index in [0.717, 1.165) is 27.0 Å². The van der Waals surface area contributed by atoms with Crippen molar-refractivity contribution in [2.45, 2.75) is 6.61 Å². The smallest absolute Gasteiger partial charge is 0.271 e. The number of ether oxygens (including phenoxy) is 1. The Bertz CT molecular complexity index is 1460. The van der Waals surface area contributed by atoms with Crippen LogP contribution in [0.2, 0.25) is 0 Å². The summed E-state index contributed by atoms with van der Waals surface area (Å²) in [6.45, 7) is 0.202. The summed E-state index contributed by atoms with van der Waals surface area (Å²) < 4.78 is 20.4. The first kappa shape index (κ1) is 24.0. The van der Waals surface area contributed by atoms with Crippen molar-refractivity contribution < 1.29 is 13.9 Å². The first-order valence-corrected chi connectivity index (χ1v) is 12.8. The summed E-state index contributed by atoms with van der Waals surface area (Å²) >= 11 is 4.82. The van der Waals surface area contributed by atoms with Crippen molar-refractivity contribution in [2.24, 2.45) is 4.99 Å². The van der Waals surface area contributed by atoms with Crippen LogP contribution in [0.4, 0.5) is 15.8 Å². The fourth-order valence-electron chi connectivity index (χ4n) is 3.66. The largest absolute Gasteiger partial charge is 0.488 e. The zero-order valence-electron chi connectivity index (χ0n) is 19.0. The Kier molecular flexibility index (Phi) is 7.30. The molecule has 178 valence electrons. The highest BCUT2D eigenvalue weighted by molar-refractivity contribution is 9.10. The third-order valence-electron chi connectivity index (χ3n) is 5.34. The van der Waals surface area contributed by atoms with Crippen LogP contribution in [0.1, 0.15) is 11.1 Å². The summed E-state index contributed by atoms with van der Waals surface area (Å²) in [4.78, 5) is 20.5. The molecule has 36 heavy (non-hydrogen) atoms. The average Bonchev–Trinajstić information content (AvgIpc) is 3.19. The van der Waals surface area contributed by atoms with Gasteiger partial charge in [-0.2, -0.15) is 0 Å². The molecule has 0 aromatic heterocycles. The van der Waals surface area contributed by atoms with Gasteiger partial charge in [0.2, 0.25) is 0 Å². The van der Waals surface area contributed by atoms with E-state index >= 15 is 0 Å². The molecule has 0 unspecified atom stereocenters. The van der Waals surface area contributed by atoms with Gasteiger partial charge in [-0.3, -0.25) is 9.69 Å². The molecule has 1 saturated heterocycles. The molecule has 1 heterocycles. The van der Waals surface area contributed by atoms with Gasteiger partial charge in [-0.15, -0.1) is 0 Å². The van der Waals surface area contributed by atoms with E-state index in [0.29, 0.717) is 15.8 Å². The van der Waals surface area contributed by atoms with Crippen LogP contribution in [0.15, 0.2) is 117 Å². The Hall–Kier alpha value is -3.68. The molecule has 0 radical (unpaired) electrons. The number of carbonyl (C=O) groups excluding carboxylic acids is 1. The lowest BCUT2D eigenvalue weighted by molar-refractivity contribution is -0.113. The van der Waals surface area contributed by atoms with Crippen LogP contribution in [-0.2, 0) is 11.4 Å². The van der Waals surface area contributed by atoms with E-state index < -0.39 is 0 Å². The maximum absolute atomic E-state index is 13.6. The number of halogens is 2. The van der Waals surface area contributed by atoms with Gasteiger partial charge in [-0.05, 0) is 78.0 Å². The van der Waals surface area contributed by atoms with Gasteiger partial charge in [-0.1, -0.05) is 64.5 Å². The highest BCUT2D eigenvalue weighted by Gasteiger charge is 2.35. The molecule has 0 spiro atoms. The lowest BCUT2D eigenvalue weighted by Gasteiger charge is -2.15. The van der Waals surface area contributed by atoms with E-state index in [9.17, 15) is 9.18 Å². The first-order valence-electron chi connectivity index (χ1n) is 11.2. The van der Waals surface area contributed by atoms with Crippen LogP contribution in [0, 0.1) is 5.82 Å². The van der Waals surface area contributed by atoms with Crippen molar-refractivity contribution in [3.05, 3.63) is 129 Å². The predicted molar refractivity (Wildman–Crippen MR) is 148 cm³/mol. The fourth-order valence-corrected chi connectivity index (χ4v) is 5.03. The number of nitrogens with zero attached hydrogens (tertiary/aromatic N) is 2. The predicted octanol–water partition coefficient (Wildman–Crippen LogP) is 7.98. The molecule has 1 amide bonds. The molecule has 4 aromatic rings. The topological polar surface area (TPSA) is 41.9 Å². The molecule has 4 nitrogen and oxygen atoms in total. The van der Waals surface area contributed by atoms with Gasteiger partial charge >= 0.3 is 0 Å². The number of benzene rings is 4. The van der Waals surface area contributed by atoms with Crippen LogP contribution in [-0.4, -0.2) is 11.1 Å². The summed E-state index contributed by atoms with van der Waals surface area (Å²) in [7, 11) is 0. The van der Waals surface area contributed by atoms with E-state index in [4.69, 9.17) is 9.73 Å². The van der Waals surface area contributed by atoms with Crippen molar-refractivity contribution >= 4 is 56.2 Å². The fraction of sp³-hybridized carbons (Fsp3) is 0.0345. The second kappa shape index (κ2) is 10.9. The summed E-state index contributed by atoms with van der Waals surface area (Å²) in [6.07, 6.45) is 1.81. The molecular formula is C29H20BrFN2O2S. The van der Waals surface area contributed by atoms with E-state index in [1.54, 1.807) is 17.0 Å². The number of hydrogen-bond donors (Lipinski definition) is 0. The number of amides is 1. The molecule has 4 aromatic carbocycles. The lowest BCUT2D eigenvalue weighted by atomic mass is 10.1. The van der Waals surface area contributed by atoms with Crippen molar-refractivity contribution in [2.75, 3.05) is 4.90 Å². The first-order chi connectivity index (χ1) is 17.6. The van der Waals surface area contributed by atoms with E-state index in [1.807, 2.05) is 84.9 Å². The summed E-state index contributed by atoms with van der Waals surface area (Å²) in [5, 5.41) is 0.570. The Balaban J connectivity index is 1.49. The quantitative estimate of drug-likeness (QED) is 0.225. The van der Waals surface area contributed by atoms with Crippen molar-refractivity contribution in [1.82, 2.24) is 0 Å². The lowest BCUT2D eigenvalue weighted by Crippen LogP contribution is -2.28. The number of anilines is 1. The van der Waals surface area contributed by atoms with E-state index in [1.165, 1.54) is 23.9 Å². The highest BCUT2D eigenvalue weighted by Crippen LogP contribution is 2.38. The average molecular weight is 559 g/mol. The molecule has 0 bridgehead atoms. The standard InChI is InChI=1S/C29H20BrFN2O2S/c30-22-14-15-26(35-19-20-8-7-9-23(31)16-20)21(17-22)18-27-28(34)33(25-12-5-2-6-13-25)29(36-27)32-24-10-3-1-4-11-24/h1-18H,19H2/b27-18+,32-29?. The molecule has 0 aliphatic carbocycles.